The smallest absolute Gasteiger partial charge is 0.327 e. The number of hydrogen-bond acceptors (Lipinski definition) is 5. The number of carbonyl (C=O) groups excluding carboxylic acids is 1. The fourth-order valence-corrected chi connectivity index (χ4v) is 2.39. The number of piperazine rings is 1. The van der Waals surface area contributed by atoms with Crippen molar-refractivity contribution in [2.45, 2.75) is 13.0 Å². The molecule has 1 aliphatic rings. The molecule has 1 aliphatic heterocycles. The van der Waals surface area contributed by atoms with Crippen molar-refractivity contribution in [3.8, 4) is 0 Å². The molecule has 0 aromatic heterocycles. The Morgan fingerprint density at radius 1 is 1.48 bits per heavy atom. The Morgan fingerprint density at radius 2 is 2.19 bits per heavy atom. The fraction of sp³-hybridized carbons (Fsp3) is 0.385. The van der Waals surface area contributed by atoms with Crippen molar-refractivity contribution in [3.63, 3.8) is 0 Å². The first-order chi connectivity index (χ1) is 9.93. The number of nitro benzene ring substituents is 1. The maximum atomic E-state index is 12.6. The van der Waals surface area contributed by atoms with Crippen molar-refractivity contribution >= 4 is 17.6 Å². The number of carboxylic acid groups (broad SMARTS) is 1. The molecule has 0 saturated carbocycles. The first-order valence-corrected chi connectivity index (χ1v) is 6.42. The molecule has 21 heavy (non-hydrogen) atoms. The van der Waals surface area contributed by atoms with Gasteiger partial charge >= 0.3 is 5.97 Å². The number of aliphatic carboxylic acids is 1. The van der Waals surface area contributed by atoms with Crippen molar-refractivity contribution in [1.29, 1.82) is 0 Å². The molecule has 1 unspecified atom stereocenters. The van der Waals surface area contributed by atoms with Crippen LogP contribution in [0.25, 0.3) is 0 Å². The second kappa shape index (κ2) is 5.88. The monoisotopic (exact) mass is 293 g/mol. The van der Waals surface area contributed by atoms with Gasteiger partial charge in [0.2, 0.25) is 0 Å². The lowest BCUT2D eigenvalue weighted by Gasteiger charge is -2.33. The number of carbonyl (C=O) groups is 2. The predicted octanol–water partition coefficient (Wildman–Crippen LogP) is 0.402. The molecule has 1 aromatic rings. The summed E-state index contributed by atoms with van der Waals surface area (Å²) in [6, 6.07) is 3.32. The number of carboxylic acids is 1. The van der Waals surface area contributed by atoms with E-state index < -0.39 is 22.8 Å². The van der Waals surface area contributed by atoms with Crippen LogP contribution >= 0.6 is 0 Å². The molecule has 0 spiro atoms. The van der Waals surface area contributed by atoms with E-state index in [-0.39, 0.29) is 24.3 Å². The van der Waals surface area contributed by atoms with E-state index in [0.29, 0.717) is 12.1 Å². The number of nitro groups is 1. The SMILES string of the molecule is Cc1cccc([N+](=O)[O-])c1C(=O)N1CCNCC1C(=O)O. The van der Waals surface area contributed by atoms with Gasteiger partial charge in [-0.05, 0) is 12.5 Å². The molecule has 1 heterocycles. The molecule has 2 N–H and O–H groups in total. The summed E-state index contributed by atoms with van der Waals surface area (Å²) < 4.78 is 0. The summed E-state index contributed by atoms with van der Waals surface area (Å²) >= 11 is 0. The summed E-state index contributed by atoms with van der Waals surface area (Å²) in [6.07, 6.45) is 0. The summed E-state index contributed by atoms with van der Waals surface area (Å²) in [5, 5.41) is 23.2. The molecule has 2 rings (SSSR count). The molecule has 1 fully saturated rings. The standard InChI is InChI=1S/C13H15N3O5/c1-8-3-2-4-9(16(20)21)11(8)12(17)15-6-5-14-7-10(15)13(18)19/h2-4,10,14H,5-7H2,1H3,(H,18,19). The highest BCUT2D eigenvalue weighted by Crippen LogP contribution is 2.24. The Balaban J connectivity index is 2.44. The molecular weight excluding hydrogens is 278 g/mol. The Morgan fingerprint density at radius 3 is 2.81 bits per heavy atom. The summed E-state index contributed by atoms with van der Waals surface area (Å²) in [7, 11) is 0. The Hall–Kier alpha value is -2.48. The van der Waals surface area contributed by atoms with Crippen molar-refractivity contribution < 1.29 is 19.6 Å². The van der Waals surface area contributed by atoms with Gasteiger partial charge < -0.3 is 15.3 Å². The number of benzene rings is 1. The van der Waals surface area contributed by atoms with E-state index in [0.717, 1.165) is 0 Å². The summed E-state index contributed by atoms with van der Waals surface area (Å²) in [4.78, 5) is 35.5. The number of rotatable bonds is 3. The largest absolute Gasteiger partial charge is 0.480 e. The zero-order valence-corrected chi connectivity index (χ0v) is 11.4. The molecule has 8 nitrogen and oxygen atoms in total. The van der Waals surface area contributed by atoms with E-state index in [1.807, 2.05) is 0 Å². The maximum Gasteiger partial charge on any atom is 0.327 e. The van der Waals surface area contributed by atoms with Crippen LogP contribution in [-0.2, 0) is 4.79 Å². The van der Waals surface area contributed by atoms with Gasteiger partial charge in [-0.1, -0.05) is 12.1 Å². The molecule has 0 aliphatic carbocycles. The summed E-state index contributed by atoms with van der Waals surface area (Å²) in [5.74, 6) is -1.75. The number of aryl methyl sites for hydroxylation is 1. The van der Waals surface area contributed by atoms with Crippen LogP contribution in [0, 0.1) is 17.0 Å². The van der Waals surface area contributed by atoms with Gasteiger partial charge in [0.1, 0.15) is 11.6 Å². The Labute approximate surface area is 120 Å². The average molecular weight is 293 g/mol. The zero-order valence-electron chi connectivity index (χ0n) is 11.4. The molecule has 112 valence electrons. The highest BCUT2D eigenvalue weighted by atomic mass is 16.6. The normalized spacial score (nSPS) is 18.3. The minimum absolute atomic E-state index is 0.0457. The van der Waals surface area contributed by atoms with Crippen LogP contribution < -0.4 is 5.32 Å². The lowest BCUT2D eigenvalue weighted by molar-refractivity contribution is -0.385. The van der Waals surface area contributed by atoms with Gasteiger partial charge in [-0.3, -0.25) is 14.9 Å². The quantitative estimate of drug-likeness (QED) is 0.616. The van der Waals surface area contributed by atoms with Crippen molar-refractivity contribution in [2.75, 3.05) is 19.6 Å². The van der Waals surface area contributed by atoms with Crippen LogP contribution in [0.3, 0.4) is 0 Å². The Bertz CT molecular complexity index is 601. The molecule has 0 radical (unpaired) electrons. The number of amides is 1. The van der Waals surface area contributed by atoms with E-state index >= 15 is 0 Å². The van der Waals surface area contributed by atoms with Crippen LogP contribution in [0.5, 0.6) is 0 Å². The highest BCUT2D eigenvalue weighted by molar-refractivity contribution is 6.01. The van der Waals surface area contributed by atoms with Crippen LogP contribution in [-0.4, -0.2) is 52.5 Å². The number of hydrogen-bond donors (Lipinski definition) is 2. The average Bonchev–Trinajstić information content (AvgIpc) is 2.46. The lowest BCUT2D eigenvalue weighted by Crippen LogP contribution is -2.57. The Kier molecular flexibility index (Phi) is 4.18. The van der Waals surface area contributed by atoms with E-state index in [1.165, 1.54) is 17.0 Å². The van der Waals surface area contributed by atoms with Crippen LogP contribution in [0.15, 0.2) is 18.2 Å². The first kappa shape index (κ1) is 14.9. The predicted molar refractivity (Wildman–Crippen MR) is 73.2 cm³/mol. The van der Waals surface area contributed by atoms with Gasteiger partial charge in [-0.25, -0.2) is 4.79 Å². The third-order valence-electron chi connectivity index (χ3n) is 3.45. The second-order valence-electron chi connectivity index (χ2n) is 4.78. The molecule has 1 aromatic carbocycles. The minimum atomic E-state index is -1.13. The van der Waals surface area contributed by atoms with Crippen molar-refractivity contribution in [3.05, 3.63) is 39.4 Å². The van der Waals surface area contributed by atoms with Gasteiger partial charge in [-0.15, -0.1) is 0 Å². The fourth-order valence-electron chi connectivity index (χ4n) is 2.39. The lowest BCUT2D eigenvalue weighted by atomic mass is 10.0. The van der Waals surface area contributed by atoms with E-state index in [1.54, 1.807) is 13.0 Å². The van der Waals surface area contributed by atoms with Gasteiger partial charge in [-0.2, -0.15) is 0 Å². The molecule has 1 amide bonds. The molecule has 8 heteroatoms. The highest BCUT2D eigenvalue weighted by Gasteiger charge is 2.35. The second-order valence-corrected chi connectivity index (χ2v) is 4.78. The van der Waals surface area contributed by atoms with Gasteiger partial charge in [0, 0.05) is 25.7 Å². The summed E-state index contributed by atoms with van der Waals surface area (Å²) in [6.45, 7) is 2.37. The van der Waals surface area contributed by atoms with Crippen LogP contribution in [0.1, 0.15) is 15.9 Å². The maximum absolute atomic E-state index is 12.6. The van der Waals surface area contributed by atoms with Crippen molar-refractivity contribution in [1.82, 2.24) is 10.2 Å². The third kappa shape index (κ3) is 2.84. The van der Waals surface area contributed by atoms with Gasteiger partial charge in [0.15, 0.2) is 0 Å². The van der Waals surface area contributed by atoms with Crippen LogP contribution in [0.4, 0.5) is 5.69 Å². The van der Waals surface area contributed by atoms with E-state index in [4.69, 9.17) is 0 Å². The molecule has 1 atom stereocenters. The van der Waals surface area contributed by atoms with E-state index in [9.17, 15) is 24.8 Å². The zero-order chi connectivity index (χ0) is 15.6. The third-order valence-corrected chi connectivity index (χ3v) is 3.45. The number of nitrogens with one attached hydrogen (secondary N) is 1. The summed E-state index contributed by atoms with van der Waals surface area (Å²) in [5.41, 5.74) is 0.107. The molecule has 1 saturated heterocycles. The first-order valence-electron chi connectivity index (χ1n) is 6.42. The van der Waals surface area contributed by atoms with Gasteiger partial charge in [0.05, 0.1) is 4.92 Å². The van der Waals surface area contributed by atoms with E-state index in [2.05, 4.69) is 5.32 Å². The van der Waals surface area contributed by atoms with Gasteiger partial charge in [0.25, 0.3) is 11.6 Å². The number of nitrogens with zero attached hydrogens (tertiary/aromatic N) is 2. The molecular formula is C13H15N3O5. The minimum Gasteiger partial charge on any atom is -0.480 e. The molecule has 0 bridgehead atoms. The van der Waals surface area contributed by atoms with Crippen molar-refractivity contribution in [2.24, 2.45) is 0 Å². The topological polar surface area (TPSA) is 113 Å². The van der Waals surface area contributed by atoms with Crippen LogP contribution in [0.2, 0.25) is 0 Å².